The van der Waals surface area contributed by atoms with Crippen LogP contribution in [0.15, 0.2) is 0 Å². The number of ether oxygens (including phenoxy) is 1. The van der Waals surface area contributed by atoms with Gasteiger partial charge in [-0.25, -0.2) is 8.42 Å². The highest BCUT2D eigenvalue weighted by molar-refractivity contribution is 7.92. The van der Waals surface area contributed by atoms with E-state index in [1.54, 1.807) is 13.8 Å². The molecule has 1 N–H and O–H groups in total. The van der Waals surface area contributed by atoms with Gasteiger partial charge in [0.1, 0.15) is 12.4 Å². The Bertz CT molecular complexity index is 382. The van der Waals surface area contributed by atoms with E-state index >= 15 is 0 Å². The minimum absolute atomic E-state index is 0.308. The second-order valence-corrected chi connectivity index (χ2v) is 6.54. The normalized spacial score (nSPS) is 12.2. The van der Waals surface area contributed by atoms with Gasteiger partial charge in [-0.1, -0.05) is 6.92 Å². The minimum Gasteiger partial charge on any atom is -0.480 e. The number of carboxylic acid groups (broad SMARTS) is 1. The first-order chi connectivity index (χ1) is 7.60. The van der Waals surface area contributed by atoms with Crippen molar-refractivity contribution >= 4 is 21.8 Å². The maximum Gasteiger partial charge on any atom is 0.318 e. The summed E-state index contributed by atoms with van der Waals surface area (Å²) in [6.45, 7) is 4.91. The molecule has 0 aromatic rings. The van der Waals surface area contributed by atoms with E-state index in [1.165, 1.54) is 0 Å². The standard InChI is InChI=1S/C10H18O6S/c1-4-10(2,3)9(13)16-5-6-17(14,15)7-8(11)12/h4-7H2,1-3H3,(H,11,12). The Kier molecular flexibility index (Phi) is 5.60. The molecular formula is C10H18O6S. The van der Waals surface area contributed by atoms with Gasteiger partial charge in [0.2, 0.25) is 0 Å². The van der Waals surface area contributed by atoms with Gasteiger partial charge in [-0.15, -0.1) is 0 Å². The summed E-state index contributed by atoms with van der Waals surface area (Å²) in [5.74, 6) is -3.30. The highest BCUT2D eigenvalue weighted by Gasteiger charge is 2.27. The molecule has 0 bridgehead atoms. The third-order valence-electron chi connectivity index (χ3n) is 2.41. The van der Waals surface area contributed by atoms with Crippen molar-refractivity contribution in [2.24, 2.45) is 5.41 Å². The van der Waals surface area contributed by atoms with E-state index in [0.717, 1.165) is 0 Å². The highest BCUT2D eigenvalue weighted by Crippen LogP contribution is 2.21. The Hall–Kier alpha value is -1.11. The van der Waals surface area contributed by atoms with E-state index in [1.807, 2.05) is 6.92 Å². The number of hydrogen-bond acceptors (Lipinski definition) is 5. The van der Waals surface area contributed by atoms with Crippen LogP contribution in [0.25, 0.3) is 0 Å². The fourth-order valence-corrected chi connectivity index (χ4v) is 1.72. The van der Waals surface area contributed by atoms with Crippen molar-refractivity contribution in [3.8, 4) is 0 Å². The number of carbonyl (C=O) groups is 2. The van der Waals surface area contributed by atoms with Crippen LogP contribution in [0, 0.1) is 5.41 Å². The zero-order valence-electron chi connectivity index (χ0n) is 10.2. The molecule has 0 aliphatic carbocycles. The predicted molar refractivity (Wildman–Crippen MR) is 61.3 cm³/mol. The van der Waals surface area contributed by atoms with Crippen LogP contribution in [0.4, 0.5) is 0 Å². The number of rotatable bonds is 7. The molecule has 0 aliphatic rings. The van der Waals surface area contributed by atoms with Crippen LogP contribution >= 0.6 is 0 Å². The summed E-state index contributed by atoms with van der Waals surface area (Å²) in [4.78, 5) is 21.7. The Labute approximate surface area is 101 Å². The second-order valence-electron chi connectivity index (χ2n) is 4.36. The van der Waals surface area contributed by atoms with Gasteiger partial charge in [0.25, 0.3) is 0 Å². The molecule has 0 aliphatic heterocycles. The maximum absolute atomic E-state index is 11.5. The van der Waals surface area contributed by atoms with Crippen LogP contribution in [0.5, 0.6) is 0 Å². The van der Waals surface area contributed by atoms with Gasteiger partial charge in [0.05, 0.1) is 11.2 Å². The number of esters is 1. The SMILES string of the molecule is CCC(C)(C)C(=O)OCCS(=O)(=O)CC(=O)O. The average molecular weight is 266 g/mol. The van der Waals surface area contributed by atoms with Crippen LogP contribution in [-0.4, -0.2) is 43.6 Å². The number of aliphatic carboxylic acids is 1. The van der Waals surface area contributed by atoms with Crippen LogP contribution < -0.4 is 0 Å². The molecule has 0 saturated heterocycles. The van der Waals surface area contributed by atoms with Gasteiger partial charge in [-0.3, -0.25) is 9.59 Å². The lowest BCUT2D eigenvalue weighted by Crippen LogP contribution is -2.28. The molecule has 17 heavy (non-hydrogen) atoms. The van der Waals surface area contributed by atoms with Crippen LogP contribution in [0.2, 0.25) is 0 Å². The zero-order valence-corrected chi connectivity index (χ0v) is 11.0. The average Bonchev–Trinajstić information content (AvgIpc) is 2.15. The van der Waals surface area contributed by atoms with Crippen molar-refractivity contribution in [1.29, 1.82) is 0 Å². The predicted octanol–water partition coefficient (Wildman–Crippen LogP) is 0.465. The lowest BCUT2D eigenvalue weighted by atomic mass is 9.91. The molecule has 0 spiro atoms. The molecule has 0 aromatic heterocycles. The molecule has 0 unspecified atom stereocenters. The summed E-state index contributed by atoms with van der Waals surface area (Å²) < 4.78 is 27.1. The molecule has 0 amide bonds. The topological polar surface area (TPSA) is 97.7 Å². The fraction of sp³-hybridized carbons (Fsp3) is 0.800. The van der Waals surface area contributed by atoms with Crippen LogP contribution in [-0.2, 0) is 24.2 Å². The molecule has 0 aromatic carbocycles. The monoisotopic (exact) mass is 266 g/mol. The number of sulfone groups is 1. The highest BCUT2D eigenvalue weighted by atomic mass is 32.2. The Morgan fingerprint density at radius 3 is 2.24 bits per heavy atom. The maximum atomic E-state index is 11.5. The lowest BCUT2D eigenvalue weighted by Gasteiger charge is -2.20. The van der Waals surface area contributed by atoms with Crippen molar-refractivity contribution in [2.75, 3.05) is 18.1 Å². The Balaban J connectivity index is 4.17. The first kappa shape index (κ1) is 15.9. The second kappa shape index (κ2) is 6.00. The van der Waals surface area contributed by atoms with Gasteiger partial charge >= 0.3 is 11.9 Å². The summed E-state index contributed by atoms with van der Waals surface area (Å²) in [7, 11) is -3.71. The first-order valence-corrected chi connectivity index (χ1v) is 7.02. The van der Waals surface area contributed by atoms with E-state index in [9.17, 15) is 18.0 Å². The molecule has 6 nitrogen and oxygen atoms in total. The fourth-order valence-electron chi connectivity index (χ4n) is 0.861. The van der Waals surface area contributed by atoms with Crippen LogP contribution in [0.1, 0.15) is 27.2 Å². The van der Waals surface area contributed by atoms with Gasteiger partial charge in [0, 0.05) is 0 Å². The molecule has 0 heterocycles. The molecule has 0 fully saturated rings. The quantitative estimate of drug-likeness (QED) is 0.672. The van der Waals surface area contributed by atoms with Crippen molar-refractivity contribution < 1.29 is 27.9 Å². The van der Waals surface area contributed by atoms with Gasteiger partial charge in [-0.2, -0.15) is 0 Å². The van der Waals surface area contributed by atoms with E-state index < -0.39 is 38.7 Å². The third-order valence-corrected chi connectivity index (χ3v) is 3.88. The smallest absolute Gasteiger partial charge is 0.318 e. The van der Waals surface area contributed by atoms with E-state index in [4.69, 9.17) is 9.84 Å². The van der Waals surface area contributed by atoms with Crippen molar-refractivity contribution in [3.05, 3.63) is 0 Å². The summed E-state index contributed by atoms with van der Waals surface area (Å²) in [5, 5.41) is 8.34. The summed E-state index contributed by atoms with van der Waals surface area (Å²) in [5.41, 5.74) is -0.656. The molecule has 0 rings (SSSR count). The minimum atomic E-state index is -3.71. The van der Waals surface area contributed by atoms with E-state index in [2.05, 4.69) is 0 Å². The molecule has 100 valence electrons. The first-order valence-electron chi connectivity index (χ1n) is 5.20. The molecule has 7 heteroatoms. The van der Waals surface area contributed by atoms with Crippen molar-refractivity contribution in [1.82, 2.24) is 0 Å². The largest absolute Gasteiger partial charge is 0.480 e. The lowest BCUT2D eigenvalue weighted by molar-refractivity contribution is -0.153. The summed E-state index contributed by atoms with van der Waals surface area (Å²) >= 11 is 0. The number of hydrogen-bond donors (Lipinski definition) is 1. The Morgan fingerprint density at radius 1 is 1.29 bits per heavy atom. The van der Waals surface area contributed by atoms with Gasteiger partial charge in [0.15, 0.2) is 9.84 Å². The molecule has 0 radical (unpaired) electrons. The molecule has 0 saturated carbocycles. The van der Waals surface area contributed by atoms with E-state index in [0.29, 0.717) is 6.42 Å². The van der Waals surface area contributed by atoms with E-state index in [-0.39, 0.29) is 6.61 Å². The number of carbonyl (C=O) groups excluding carboxylic acids is 1. The molecule has 0 atom stereocenters. The van der Waals surface area contributed by atoms with Crippen molar-refractivity contribution in [2.45, 2.75) is 27.2 Å². The summed E-state index contributed by atoms with van der Waals surface area (Å²) in [6.07, 6.45) is 0.577. The Morgan fingerprint density at radius 2 is 1.82 bits per heavy atom. The molecular weight excluding hydrogens is 248 g/mol. The number of carboxylic acids is 1. The van der Waals surface area contributed by atoms with Crippen molar-refractivity contribution in [3.63, 3.8) is 0 Å². The van der Waals surface area contributed by atoms with Crippen LogP contribution in [0.3, 0.4) is 0 Å². The zero-order chi connectivity index (χ0) is 13.7. The van der Waals surface area contributed by atoms with Gasteiger partial charge in [-0.05, 0) is 20.3 Å². The van der Waals surface area contributed by atoms with Gasteiger partial charge < -0.3 is 9.84 Å². The summed E-state index contributed by atoms with van der Waals surface area (Å²) in [6, 6.07) is 0. The third kappa shape index (κ3) is 6.25.